The highest BCUT2D eigenvalue weighted by Gasteiger charge is 2.30. The van der Waals surface area contributed by atoms with Gasteiger partial charge in [-0.1, -0.05) is 47.8 Å². The summed E-state index contributed by atoms with van der Waals surface area (Å²) in [5.41, 5.74) is 10.7. The maximum Gasteiger partial charge on any atom is 0.307 e. The van der Waals surface area contributed by atoms with Crippen molar-refractivity contribution >= 4 is 23.6 Å². The van der Waals surface area contributed by atoms with Crippen LogP contribution < -0.4 is 4.31 Å². The Morgan fingerprint density at radius 1 is 1.06 bits per heavy atom. The summed E-state index contributed by atoms with van der Waals surface area (Å²) in [4.78, 5) is 11.8. The molecule has 6 heteroatoms. The predicted octanol–water partition coefficient (Wildman–Crippen LogP) is 6.82. The van der Waals surface area contributed by atoms with E-state index in [-0.39, 0.29) is 6.42 Å². The van der Waals surface area contributed by atoms with Crippen molar-refractivity contribution in [3.63, 3.8) is 0 Å². The number of nitriles is 1. The first-order valence-corrected chi connectivity index (χ1v) is 13.1. The summed E-state index contributed by atoms with van der Waals surface area (Å²) in [6, 6.07) is 16.4. The predicted molar refractivity (Wildman–Crippen MR) is 149 cm³/mol. The minimum absolute atomic E-state index is 0.0222. The molecule has 0 radical (unpaired) electrons. The third-order valence-electron chi connectivity index (χ3n) is 6.05. The molecule has 3 aromatic carbocycles. The number of rotatable bonds is 4. The van der Waals surface area contributed by atoms with E-state index in [1.807, 2.05) is 38.3 Å². The molecule has 0 fully saturated rings. The zero-order chi connectivity index (χ0) is 26.8. The van der Waals surface area contributed by atoms with Gasteiger partial charge in [-0.15, -0.1) is 0 Å². The molecule has 0 atom stereocenters. The molecule has 0 spiro atoms. The molecular weight excluding hydrogens is 468 g/mol. The second-order valence-corrected chi connectivity index (χ2v) is 10.9. The van der Waals surface area contributed by atoms with Crippen LogP contribution in [0.2, 0.25) is 0 Å². The second kappa shape index (κ2) is 10.8. The van der Waals surface area contributed by atoms with Crippen molar-refractivity contribution in [1.29, 1.82) is 5.26 Å². The second-order valence-electron chi connectivity index (χ2n) is 10.1. The van der Waals surface area contributed by atoms with Crippen LogP contribution in [0.4, 0.5) is 5.69 Å². The quantitative estimate of drug-likeness (QED) is 0.381. The molecule has 1 aliphatic heterocycles. The first kappa shape index (κ1) is 27.3. The lowest BCUT2D eigenvalue weighted by Gasteiger charge is -2.35. The molecule has 0 saturated heterocycles. The van der Waals surface area contributed by atoms with Crippen LogP contribution in [0.3, 0.4) is 0 Å². The van der Waals surface area contributed by atoms with E-state index in [1.165, 1.54) is 5.56 Å². The number of benzene rings is 3. The molecule has 0 bridgehead atoms. The summed E-state index contributed by atoms with van der Waals surface area (Å²) in [6.45, 7) is 12.1. The number of carboxylic acids is 1. The van der Waals surface area contributed by atoms with Gasteiger partial charge < -0.3 is 14.5 Å². The summed E-state index contributed by atoms with van der Waals surface area (Å²) >= 11 is 1.62. The van der Waals surface area contributed by atoms with Crippen LogP contribution in [0.5, 0.6) is 0 Å². The van der Waals surface area contributed by atoms with E-state index >= 15 is 0 Å². The summed E-state index contributed by atoms with van der Waals surface area (Å²) in [5, 5.41) is 27.6. The van der Waals surface area contributed by atoms with E-state index < -0.39 is 11.6 Å². The van der Waals surface area contributed by atoms with Gasteiger partial charge in [0, 0.05) is 11.8 Å². The fourth-order valence-corrected chi connectivity index (χ4v) is 5.28. The molecule has 3 aromatic rings. The number of aliphatic carboxylic acids is 1. The standard InChI is InChI=1S/C26H24N2O2S.C4H10O/c1-15-5-8-19(9-6-15)24-17(3)25-21-10-7-18(13-27)11-20(21)14-28(31-4)26(25)16(2)22(24)12-23(29)30;1-4(2,3)5/h5-11H,12,14H2,1-4H3,(H,29,30);5H,1-3H3. The molecule has 188 valence electrons. The van der Waals surface area contributed by atoms with E-state index in [2.05, 4.69) is 41.6 Å². The van der Waals surface area contributed by atoms with Crippen molar-refractivity contribution in [1.82, 2.24) is 0 Å². The summed E-state index contributed by atoms with van der Waals surface area (Å²) in [6.07, 6.45) is 2.01. The topological polar surface area (TPSA) is 84.6 Å². The highest BCUT2D eigenvalue weighted by atomic mass is 32.2. The average Bonchev–Trinajstić information content (AvgIpc) is 2.80. The smallest absolute Gasteiger partial charge is 0.307 e. The number of hydrogen-bond donors (Lipinski definition) is 2. The van der Waals surface area contributed by atoms with Crippen LogP contribution in [0, 0.1) is 32.1 Å². The van der Waals surface area contributed by atoms with Gasteiger partial charge in [0.15, 0.2) is 0 Å². The minimum Gasteiger partial charge on any atom is -0.481 e. The van der Waals surface area contributed by atoms with E-state index in [0.717, 1.165) is 50.2 Å². The lowest BCUT2D eigenvalue weighted by molar-refractivity contribution is -0.136. The third kappa shape index (κ3) is 5.92. The lowest BCUT2D eigenvalue weighted by atomic mass is 9.80. The Kier molecular flexibility index (Phi) is 8.18. The monoisotopic (exact) mass is 502 g/mol. The van der Waals surface area contributed by atoms with Crippen molar-refractivity contribution in [2.45, 2.75) is 60.1 Å². The molecule has 5 nitrogen and oxygen atoms in total. The normalized spacial score (nSPS) is 12.1. The van der Waals surface area contributed by atoms with Crippen molar-refractivity contribution in [2.24, 2.45) is 0 Å². The van der Waals surface area contributed by atoms with E-state index in [0.29, 0.717) is 12.1 Å². The molecule has 2 N–H and O–H groups in total. The van der Waals surface area contributed by atoms with Gasteiger partial charge in [0.1, 0.15) is 0 Å². The zero-order valence-electron chi connectivity index (χ0n) is 22.1. The number of nitrogens with zero attached hydrogens (tertiary/aromatic N) is 2. The number of anilines is 1. The summed E-state index contributed by atoms with van der Waals surface area (Å²) in [5.74, 6) is -0.832. The van der Waals surface area contributed by atoms with E-state index in [4.69, 9.17) is 5.11 Å². The Hall–Kier alpha value is -3.27. The summed E-state index contributed by atoms with van der Waals surface area (Å²) < 4.78 is 2.21. The number of hydrogen-bond acceptors (Lipinski definition) is 5. The molecular formula is C30H34N2O3S. The lowest BCUT2D eigenvalue weighted by Crippen LogP contribution is -2.22. The Balaban J connectivity index is 0.000000658. The maximum atomic E-state index is 11.8. The molecule has 4 rings (SSSR count). The Bertz CT molecular complexity index is 1330. The molecule has 0 aromatic heterocycles. The number of carbonyl (C=O) groups is 1. The zero-order valence-corrected chi connectivity index (χ0v) is 22.9. The number of fused-ring (bicyclic) bond motifs is 3. The van der Waals surface area contributed by atoms with Gasteiger partial charge in [-0.2, -0.15) is 5.26 Å². The first-order valence-electron chi connectivity index (χ1n) is 11.9. The molecule has 0 unspecified atom stereocenters. The molecule has 1 heterocycles. The maximum absolute atomic E-state index is 11.8. The van der Waals surface area contributed by atoms with Crippen molar-refractivity contribution < 1.29 is 15.0 Å². The van der Waals surface area contributed by atoms with Gasteiger partial charge in [-0.3, -0.25) is 4.79 Å². The minimum atomic E-state index is -0.832. The van der Waals surface area contributed by atoms with E-state index in [1.54, 1.807) is 32.7 Å². The third-order valence-corrected chi connectivity index (χ3v) is 6.80. The Labute approximate surface area is 218 Å². The fraction of sp³-hybridized carbons (Fsp3) is 0.333. The average molecular weight is 503 g/mol. The highest BCUT2D eigenvalue weighted by Crippen LogP contribution is 2.50. The fourth-order valence-electron chi connectivity index (χ4n) is 4.60. The molecule has 1 aliphatic rings. The van der Waals surface area contributed by atoms with Crippen LogP contribution in [0.1, 0.15) is 54.2 Å². The van der Waals surface area contributed by atoms with Crippen LogP contribution in [-0.2, 0) is 17.8 Å². The van der Waals surface area contributed by atoms with Crippen LogP contribution in [0.25, 0.3) is 22.3 Å². The Morgan fingerprint density at radius 2 is 1.67 bits per heavy atom. The van der Waals surface area contributed by atoms with Crippen molar-refractivity contribution in [2.75, 3.05) is 10.6 Å². The van der Waals surface area contributed by atoms with Crippen molar-refractivity contribution in [3.8, 4) is 28.3 Å². The van der Waals surface area contributed by atoms with Crippen LogP contribution >= 0.6 is 11.9 Å². The Morgan fingerprint density at radius 3 is 2.19 bits per heavy atom. The molecule has 0 aliphatic carbocycles. The van der Waals surface area contributed by atoms with E-state index in [9.17, 15) is 15.2 Å². The highest BCUT2D eigenvalue weighted by molar-refractivity contribution is 7.99. The van der Waals surface area contributed by atoms with Gasteiger partial charge in [0.2, 0.25) is 0 Å². The first-order chi connectivity index (χ1) is 16.8. The largest absolute Gasteiger partial charge is 0.481 e. The van der Waals surface area contributed by atoms with Gasteiger partial charge in [0.25, 0.3) is 0 Å². The number of aryl methyl sites for hydroxylation is 1. The SMILES string of the molecule is CC(C)(C)O.CSN1Cc2cc(C#N)ccc2-c2c(C)c(-c3ccc(C)cc3)c(CC(=O)O)c(C)c21. The van der Waals surface area contributed by atoms with Crippen LogP contribution in [-0.4, -0.2) is 28.0 Å². The van der Waals surface area contributed by atoms with Gasteiger partial charge in [-0.05, 0) is 92.6 Å². The van der Waals surface area contributed by atoms with Crippen molar-refractivity contribution in [3.05, 3.63) is 75.8 Å². The number of aliphatic hydroxyl groups is 1. The molecule has 0 amide bonds. The molecule has 0 saturated carbocycles. The molecule has 36 heavy (non-hydrogen) atoms. The summed E-state index contributed by atoms with van der Waals surface area (Å²) in [7, 11) is 0. The van der Waals surface area contributed by atoms with Crippen LogP contribution in [0.15, 0.2) is 42.5 Å². The van der Waals surface area contributed by atoms with Gasteiger partial charge in [-0.25, -0.2) is 0 Å². The number of carboxylic acid groups (broad SMARTS) is 1. The van der Waals surface area contributed by atoms with Gasteiger partial charge >= 0.3 is 5.97 Å². The van der Waals surface area contributed by atoms with Gasteiger partial charge in [0.05, 0.1) is 35.9 Å².